The predicted molar refractivity (Wildman–Crippen MR) is 109 cm³/mol. The summed E-state index contributed by atoms with van der Waals surface area (Å²) in [4.78, 5) is 28.8. The van der Waals surface area contributed by atoms with E-state index in [0.29, 0.717) is 26.2 Å². The first-order valence-electron chi connectivity index (χ1n) is 9.77. The molecular weight excluding hydrogens is 352 g/mol. The second kappa shape index (κ2) is 8.91. The molecule has 0 spiro atoms. The molecule has 2 amide bonds. The topological polar surface area (TPSA) is 49.9 Å². The number of para-hydroxylation sites is 1. The molecule has 2 aromatic rings. The van der Waals surface area contributed by atoms with E-state index >= 15 is 0 Å². The summed E-state index contributed by atoms with van der Waals surface area (Å²) in [5.41, 5.74) is 3.26. The molecule has 5 nitrogen and oxygen atoms in total. The second-order valence-electron chi connectivity index (χ2n) is 7.40. The van der Waals surface area contributed by atoms with E-state index < -0.39 is 0 Å². The van der Waals surface area contributed by atoms with Gasteiger partial charge in [0.15, 0.2) is 0 Å². The highest BCUT2D eigenvalue weighted by Gasteiger charge is 2.35. The normalized spacial score (nSPS) is 16.3. The van der Waals surface area contributed by atoms with Gasteiger partial charge in [-0.3, -0.25) is 9.59 Å². The Morgan fingerprint density at radius 2 is 1.89 bits per heavy atom. The quantitative estimate of drug-likeness (QED) is 0.740. The van der Waals surface area contributed by atoms with Gasteiger partial charge in [0.05, 0.1) is 12.5 Å². The van der Waals surface area contributed by atoms with Crippen LogP contribution in [0.3, 0.4) is 0 Å². The third-order valence-electron chi connectivity index (χ3n) is 5.11. The largest absolute Gasteiger partial charge is 0.494 e. The van der Waals surface area contributed by atoms with Crippen LogP contribution < -0.4 is 4.74 Å². The van der Waals surface area contributed by atoms with Gasteiger partial charge >= 0.3 is 0 Å². The first-order chi connectivity index (χ1) is 13.5. The molecule has 1 saturated heterocycles. The highest BCUT2D eigenvalue weighted by Crippen LogP contribution is 2.24. The lowest BCUT2D eigenvalue weighted by atomic mass is 10.1. The average Bonchev–Trinajstić information content (AvgIpc) is 3.05. The monoisotopic (exact) mass is 380 g/mol. The average molecular weight is 380 g/mol. The molecule has 0 saturated carbocycles. The van der Waals surface area contributed by atoms with Gasteiger partial charge in [-0.15, -0.1) is 0 Å². The third-order valence-corrected chi connectivity index (χ3v) is 5.11. The molecule has 0 bridgehead atoms. The number of aryl methyl sites for hydroxylation is 1. The van der Waals surface area contributed by atoms with E-state index in [2.05, 4.69) is 0 Å². The third kappa shape index (κ3) is 4.71. The van der Waals surface area contributed by atoms with E-state index in [1.165, 1.54) is 5.56 Å². The van der Waals surface area contributed by atoms with Gasteiger partial charge in [0.2, 0.25) is 11.8 Å². The Labute approximate surface area is 166 Å². The van der Waals surface area contributed by atoms with Gasteiger partial charge in [-0.1, -0.05) is 48.0 Å². The van der Waals surface area contributed by atoms with Crippen LogP contribution in [-0.2, 0) is 22.7 Å². The lowest BCUT2D eigenvalue weighted by Gasteiger charge is -2.22. The van der Waals surface area contributed by atoms with Crippen LogP contribution in [0.5, 0.6) is 5.75 Å². The second-order valence-corrected chi connectivity index (χ2v) is 7.40. The van der Waals surface area contributed by atoms with Gasteiger partial charge in [-0.25, -0.2) is 0 Å². The molecule has 5 heteroatoms. The van der Waals surface area contributed by atoms with Crippen LogP contribution in [0.15, 0.2) is 48.5 Å². The summed E-state index contributed by atoms with van der Waals surface area (Å²) in [6.07, 6.45) is 0.280. The van der Waals surface area contributed by atoms with Crippen molar-refractivity contribution in [1.82, 2.24) is 9.80 Å². The smallest absolute Gasteiger partial charge is 0.228 e. The number of likely N-dealkylation sites (tertiary alicyclic amines) is 1. The highest BCUT2D eigenvalue weighted by molar-refractivity contribution is 5.89. The molecule has 1 aliphatic rings. The molecule has 1 aliphatic heterocycles. The lowest BCUT2D eigenvalue weighted by molar-refractivity contribution is -0.135. The van der Waals surface area contributed by atoms with Gasteiger partial charge < -0.3 is 14.5 Å². The first kappa shape index (κ1) is 19.9. The van der Waals surface area contributed by atoms with Gasteiger partial charge in [0.1, 0.15) is 5.75 Å². The number of carbonyl (C=O) groups excluding carboxylic acids is 2. The number of benzene rings is 2. The van der Waals surface area contributed by atoms with Gasteiger partial charge in [-0.2, -0.15) is 0 Å². The molecule has 0 N–H and O–H groups in total. The summed E-state index contributed by atoms with van der Waals surface area (Å²) in [5.74, 6) is 0.559. The van der Waals surface area contributed by atoms with E-state index in [0.717, 1.165) is 16.9 Å². The fourth-order valence-corrected chi connectivity index (χ4v) is 3.58. The number of hydrogen-bond acceptors (Lipinski definition) is 3. The molecule has 0 aliphatic carbocycles. The molecule has 148 valence electrons. The van der Waals surface area contributed by atoms with Crippen LogP contribution >= 0.6 is 0 Å². The number of ether oxygens (including phenoxy) is 1. The minimum absolute atomic E-state index is 0.00561. The zero-order chi connectivity index (χ0) is 20.1. The maximum atomic E-state index is 12.9. The van der Waals surface area contributed by atoms with Crippen LogP contribution in [0.1, 0.15) is 30.0 Å². The van der Waals surface area contributed by atoms with Crippen LogP contribution in [0.25, 0.3) is 0 Å². The van der Waals surface area contributed by atoms with Crippen LogP contribution in [-0.4, -0.2) is 41.8 Å². The van der Waals surface area contributed by atoms with Crippen molar-refractivity contribution in [3.05, 3.63) is 65.2 Å². The maximum Gasteiger partial charge on any atom is 0.228 e. The highest BCUT2D eigenvalue weighted by atomic mass is 16.5. The fraction of sp³-hybridized carbons (Fsp3) is 0.391. The van der Waals surface area contributed by atoms with Crippen molar-refractivity contribution in [3.8, 4) is 5.75 Å². The van der Waals surface area contributed by atoms with Crippen molar-refractivity contribution in [2.45, 2.75) is 33.4 Å². The summed E-state index contributed by atoms with van der Waals surface area (Å²) < 4.78 is 5.65. The minimum Gasteiger partial charge on any atom is -0.494 e. The summed E-state index contributed by atoms with van der Waals surface area (Å²) >= 11 is 0. The summed E-state index contributed by atoms with van der Waals surface area (Å²) in [5, 5.41) is 0. The Morgan fingerprint density at radius 1 is 1.18 bits per heavy atom. The molecule has 1 atom stereocenters. The van der Waals surface area contributed by atoms with Crippen molar-refractivity contribution in [1.29, 1.82) is 0 Å². The summed E-state index contributed by atoms with van der Waals surface area (Å²) in [6, 6.07) is 15.9. The number of nitrogens with zero attached hydrogens (tertiary/aromatic N) is 2. The molecule has 1 fully saturated rings. The Hall–Kier alpha value is -2.82. The number of rotatable bonds is 7. The van der Waals surface area contributed by atoms with Crippen molar-refractivity contribution >= 4 is 11.8 Å². The van der Waals surface area contributed by atoms with E-state index in [4.69, 9.17) is 4.74 Å². The van der Waals surface area contributed by atoms with Gasteiger partial charge in [0, 0.05) is 38.7 Å². The Morgan fingerprint density at radius 3 is 2.61 bits per heavy atom. The number of hydrogen-bond donors (Lipinski definition) is 0. The van der Waals surface area contributed by atoms with Crippen LogP contribution in [0, 0.1) is 12.8 Å². The van der Waals surface area contributed by atoms with Crippen molar-refractivity contribution in [2.75, 3.05) is 20.2 Å². The molecule has 28 heavy (non-hydrogen) atoms. The Kier molecular flexibility index (Phi) is 6.34. The SMILES string of the molecule is CCOc1ccccc1CN(C)C(=O)C1CC(=O)N(Cc2ccc(C)cc2)C1. The maximum absolute atomic E-state index is 12.9. The van der Waals surface area contributed by atoms with E-state index in [-0.39, 0.29) is 24.2 Å². The van der Waals surface area contributed by atoms with Crippen molar-refractivity contribution in [3.63, 3.8) is 0 Å². The fourth-order valence-electron chi connectivity index (χ4n) is 3.58. The van der Waals surface area contributed by atoms with Gasteiger partial charge in [0.25, 0.3) is 0 Å². The van der Waals surface area contributed by atoms with Gasteiger partial charge in [-0.05, 0) is 25.5 Å². The van der Waals surface area contributed by atoms with E-state index in [1.54, 1.807) is 16.8 Å². The molecule has 1 unspecified atom stereocenters. The standard InChI is InChI=1S/C23H28N2O3/c1-4-28-21-8-6-5-7-19(21)15-24(3)23(27)20-13-22(26)25(16-20)14-18-11-9-17(2)10-12-18/h5-12,20H,4,13-16H2,1-3H3. The first-order valence-corrected chi connectivity index (χ1v) is 9.77. The molecule has 1 heterocycles. The van der Waals surface area contributed by atoms with Crippen LogP contribution in [0.2, 0.25) is 0 Å². The summed E-state index contributed by atoms with van der Waals surface area (Å²) in [7, 11) is 1.79. The molecule has 3 rings (SSSR count). The Bertz CT molecular complexity index is 832. The number of carbonyl (C=O) groups is 2. The number of amides is 2. The zero-order valence-electron chi connectivity index (χ0n) is 16.9. The predicted octanol–water partition coefficient (Wildman–Crippen LogP) is 3.40. The Balaban J connectivity index is 1.61. The zero-order valence-corrected chi connectivity index (χ0v) is 16.9. The molecular formula is C23H28N2O3. The van der Waals surface area contributed by atoms with Crippen LogP contribution in [0.4, 0.5) is 0 Å². The van der Waals surface area contributed by atoms with E-state index in [9.17, 15) is 9.59 Å². The molecule has 2 aromatic carbocycles. The van der Waals surface area contributed by atoms with Crippen molar-refractivity contribution in [2.24, 2.45) is 5.92 Å². The summed E-state index contributed by atoms with van der Waals surface area (Å²) in [6.45, 7) is 6.07. The lowest BCUT2D eigenvalue weighted by Crippen LogP contribution is -2.34. The minimum atomic E-state index is -0.290. The molecule has 0 radical (unpaired) electrons. The van der Waals surface area contributed by atoms with E-state index in [1.807, 2.05) is 62.4 Å². The molecule has 0 aromatic heterocycles. The van der Waals surface area contributed by atoms with Crippen molar-refractivity contribution < 1.29 is 14.3 Å².